The molecule has 1 aromatic carbocycles. The molecular weight excluding hydrogens is 390 g/mol. The highest BCUT2D eigenvalue weighted by Gasteiger charge is 2.28. The number of hydrogen-bond donors (Lipinski definition) is 0. The summed E-state index contributed by atoms with van der Waals surface area (Å²) < 4.78 is 6.17. The average molecular weight is 414 g/mol. The van der Waals surface area contributed by atoms with Gasteiger partial charge in [0.1, 0.15) is 21.7 Å². The minimum Gasteiger partial charge on any atom is -0.485 e. The zero-order valence-corrected chi connectivity index (χ0v) is 17.8. The van der Waals surface area contributed by atoms with Gasteiger partial charge in [-0.2, -0.15) is 11.3 Å². The Morgan fingerprint density at radius 2 is 2.18 bits per heavy atom. The molecule has 3 aromatic rings. The van der Waals surface area contributed by atoms with E-state index in [1.807, 2.05) is 43.6 Å². The number of carbonyl (C=O) groups excluding carboxylic acids is 1. The van der Waals surface area contributed by atoms with Crippen molar-refractivity contribution in [2.24, 2.45) is 0 Å². The molecule has 0 spiro atoms. The maximum absolute atomic E-state index is 13.0. The van der Waals surface area contributed by atoms with Crippen LogP contribution in [0.4, 0.5) is 5.69 Å². The monoisotopic (exact) mass is 413 g/mol. The van der Waals surface area contributed by atoms with Crippen LogP contribution in [-0.4, -0.2) is 48.6 Å². The van der Waals surface area contributed by atoms with Crippen molar-refractivity contribution in [3.05, 3.63) is 51.7 Å². The largest absolute Gasteiger partial charge is 0.485 e. The predicted octanol–water partition coefficient (Wildman–Crippen LogP) is 4.54. The Morgan fingerprint density at radius 1 is 1.36 bits per heavy atom. The number of ether oxygens (including phenoxy) is 1. The smallest absolute Gasteiger partial charge is 0.265 e. The maximum atomic E-state index is 13.0. The van der Waals surface area contributed by atoms with Crippen LogP contribution in [0, 0.1) is 6.92 Å². The van der Waals surface area contributed by atoms with Crippen molar-refractivity contribution in [3.63, 3.8) is 0 Å². The average Bonchev–Trinajstić information content (AvgIpc) is 3.36. The van der Waals surface area contributed by atoms with Gasteiger partial charge in [0.05, 0.1) is 24.5 Å². The van der Waals surface area contributed by atoms with Crippen LogP contribution in [-0.2, 0) is 0 Å². The summed E-state index contributed by atoms with van der Waals surface area (Å²) in [5, 5.41) is 4.98. The number of hydrogen-bond acceptors (Lipinski definition) is 6. The van der Waals surface area contributed by atoms with Crippen LogP contribution in [0.1, 0.15) is 22.3 Å². The number of amides is 1. The molecule has 1 amide bonds. The number of benzene rings is 1. The normalized spacial score (nSPS) is 15.8. The fourth-order valence-electron chi connectivity index (χ4n) is 3.44. The van der Waals surface area contributed by atoms with E-state index in [4.69, 9.17) is 4.74 Å². The molecule has 0 aliphatic carbocycles. The van der Waals surface area contributed by atoms with E-state index in [9.17, 15) is 4.79 Å². The third-order valence-electron chi connectivity index (χ3n) is 4.89. The number of aryl methyl sites for hydroxylation is 1. The Morgan fingerprint density at radius 3 is 2.93 bits per heavy atom. The van der Waals surface area contributed by atoms with E-state index in [1.165, 1.54) is 11.3 Å². The number of aromatic nitrogens is 1. The van der Waals surface area contributed by atoms with E-state index >= 15 is 0 Å². The van der Waals surface area contributed by atoms with Gasteiger partial charge in [0.25, 0.3) is 5.91 Å². The molecule has 0 saturated carbocycles. The molecular formula is C21H23N3O2S2. The highest BCUT2D eigenvalue weighted by molar-refractivity contribution is 7.17. The molecule has 5 nitrogen and oxygen atoms in total. The van der Waals surface area contributed by atoms with Crippen LogP contribution < -0.4 is 9.64 Å². The van der Waals surface area contributed by atoms with Crippen LogP contribution >= 0.6 is 22.7 Å². The summed E-state index contributed by atoms with van der Waals surface area (Å²) in [5.41, 5.74) is 2.98. The number of carbonyl (C=O) groups is 1. The van der Waals surface area contributed by atoms with E-state index in [2.05, 4.69) is 28.3 Å². The summed E-state index contributed by atoms with van der Waals surface area (Å²) in [5.74, 6) is 0.886. The molecule has 4 rings (SSSR count). The molecule has 0 saturated heterocycles. The number of thiazole rings is 1. The molecule has 28 heavy (non-hydrogen) atoms. The topological polar surface area (TPSA) is 45.7 Å². The first-order valence-electron chi connectivity index (χ1n) is 9.33. The Bertz CT molecular complexity index is 968. The molecule has 1 aliphatic rings. The summed E-state index contributed by atoms with van der Waals surface area (Å²) >= 11 is 3.10. The lowest BCUT2D eigenvalue weighted by molar-refractivity contribution is 0.0713. The first kappa shape index (κ1) is 19.0. The minimum absolute atomic E-state index is 0.00184. The number of rotatable bonds is 5. The molecule has 0 unspecified atom stereocenters. The second-order valence-electron chi connectivity index (χ2n) is 6.88. The molecule has 1 aliphatic heterocycles. The molecule has 0 bridgehead atoms. The van der Waals surface area contributed by atoms with Gasteiger partial charge in [-0.15, -0.1) is 11.3 Å². The first-order valence-corrected chi connectivity index (χ1v) is 11.1. The summed E-state index contributed by atoms with van der Waals surface area (Å²) in [6.07, 6.45) is -0.0617. The number of fused-ring (bicyclic) bond motifs is 1. The van der Waals surface area contributed by atoms with Crippen molar-refractivity contribution >= 4 is 34.3 Å². The van der Waals surface area contributed by atoms with Crippen molar-refractivity contribution in [2.75, 3.05) is 31.6 Å². The lowest BCUT2D eigenvalue weighted by Gasteiger charge is -2.37. The Kier molecular flexibility index (Phi) is 5.37. The minimum atomic E-state index is -0.0617. The lowest BCUT2D eigenvalue weighted by Crippen LogP contribution is -2.46. The summed E-state index contributed by atoms with van der Waals surface area (Å²) in [4.78, 5) is 22.4. The second kappa shape index (κ2) is 7.93. The van der Waals surface area contributed by atoms with Crippen LogP contribution in [0.25, 0.3) is 10.6 Å². The zero-order chi connectivity index (χ0) is 19.7. The van der Waals surface area contributed by atoms with E-state index in [-0.39, 0.29) is 12.0 Å². The predicted molar refractivity (Wildman–Crippen MR) is 116 cm³/mol. The molecule has 7 heteroatoms. The summed E-state index contributed by atoms with van der Waals surface area (Å²) in [6, 6.07) is 10.1. The number of para-hydroxylation sites is 2. The SMILES string of the molecule is CCN1C[C@H](CN(C)C(=O)c2sc(-c3ccsc3)nc2C)Oc2ccccc21. The third kappa shape index (κ3) is 3.64. The van der Waals surface area contributed by atoms with Gasteiger partial charge >= 0.3 is 0 Å². The van der Waals surface area contributed by atoms with Gasteiger partial charge in [0, 0.05) is 24.5 Å². The fraction of sp³-hybridized carbons (Fsp3) is 0.333. The molecule has 1 atom stereocenters. The Labute approximate surface area is 173 Å². The highest BCUT2D eigenvalue weighted by atomic mass is 32.1. The van der Waals surface area contributed by atoms with Gasteiger partial charge in [0.15, 0.2) is 0 Å². The van der Waals surface area contributed by atoms with Crippen LogP contribution in [0.2, 0.25) is 0 Å². The first-order chi connectivity index (χ1) is 13.6. The molecule has 2 aromatic heterocycles. The van der Waals surface area contributed by atoms with Crippen molar-refractivity contribution in [2.45, 2.75) is 20.0 Å². The number of thiophene rings is 1. The summed E-state index contributed by atoms with van der Waals surface area (Å²) in [7, 11) is 1.84. The standard InChI is InChI=1S/C21H23N3O2S2/c1-4-24-12-16(26-18-8-6-5-7-17(18)24)11-23(3)21(25)19-14(2)22-20(28-19)15-9-10-27-13-15/h5-10,13,16H,4,11-12H2,1-3H3/t16-/m0/s1. The number of likely N-dealkylation sites (N-methyl/N-ethyl adjacent to an activating group) is 2. The van der Waals surface area contributed by atoms with Crippen LogP contribution in [0.5, 0.6) is 5.75 Å². The van der Waals surface area contributed by atoms with Gasteiger partial charge in [-0.05, 0) is 37.4 Å². The van der Waals surface area contributed by atoms with Crippen molar-refractivity contribution < 1.29 is 9.53 Å². The van der Waals surface area contributed by atoms with Gasteiger partial charge in [-0.25, -0.2) is 4.98 Å². The molecule has 146 valence electrons. The molecule has 3 heterocycles. The van der Waals surface area contributed by atoms with E-state index < -0.39 is 0 Å². The second-order valence-corrected chi connectivity index (χ2v) is 8.66. The van der Waals surface area contributed by atoms with Gasteiger partial charge in [-0.3, -0.25) is 4.79 Å². The van der Waals surface area contributed by atoms with Gasteiger partial charge in [-0.1, -0.05) is 12.1 Å². The fourth-order valence-corrected chi connectivity index (χ4v) is 5.21. The molecule has 0 fully saturated rings. The van der Waals surface area contributed by atoms with Crippen molar-refractivity contribution in [3.8, 4) is 16.3 Å². The Hall–Kier alpha value is -2.38. The maximum Gasteiger partial charge on any atom is 0.265 e. The zero-order valence-electron chi connectivity index (χ0n) is 16.2. The van der Waals surface area contributed by atoms with Gasteiger partial charge in [0.2, 0.25) is 0 Å². The quantitative estimate of drug-likeness (QED) is 0.616. The van der Waals surface area contributed by atoms with Crippen molar-refractivity contribution in [1.29, 1.82) is 0 Å². The van der Waals surface area contributed by atoms with E-state index in [1.54, 1.807) is 16.2 Å². The molecule has 0 N–H and O–H groups in total. The molecule has 0 radical (unpaired) electrons. The lowest BCUT2D eigenvalue weighted by atomic mass is 10.2. The van der Waals surface area contributed by atoms with Crippen LogP contribution in [0.15, 0.2) is 41.1 Å². The number of nitrogens with zero attached hydrogens (tertiary/aromatic N) is 3. The number of anilines is 1. The van der Waals surface area contributed by atoms with Crippen molar-refractivity contribution in [1.82, 2.24) is 9.88 Å². The van der Waals surface area contributed by atoms with Crippen LogP contribution in [0.3, 0.4) is 0 Å². The van der Waals surface area contributed by atoms with E-state index in [0.29, 0.717) is 11.4 Å². The highest BCUT2D eigenvalue weighted by Crippen LogP contribution is 2.33. The van der Waals surface area contributed by atoms with Gasteiger partial charge < -0.3 is 14.5 Å². The summed E-state index contributed by atoms with van der Waals surface area (Å²) in [6.45, 7) is 6.26. The van der Waals surface area contributed by atoms with E-state index in [0.717, 1.165) is 40.8 Å². The Balaban J connectivity index is 1.48. The third-order valence-corrected chi connectivity index (χ3v) is 6.77.